The second kappa shape index (κ2) is 14.2. The molecule has 4 rings (SSSR count). The Hall–Kier alpha value is -3.02. The monoisotopic (exact) mass is 571 g/mol. The Morgan fingerprint density at radius 2 is 1.98 bits per heavy atom. The van der Waals surface area contributed by atoms with E-state index in [1.807, 2.05) is 4.90 Å². The van der Waals surface area contributed by atoms with Gasteiger partial charge in [-0.3, -0.25) is 10.2 Å². The summed E-state index contributed by atoms with van der Waals surface area (Å²) in [6.07, 6.45) is 4.01. The fourth-order valence-electron chi connectivity index (χ4n) is 6.17. The molecule has 6 N–H and O–H groups in total. The molecule has 0 spiro atoms. The average Bonchev–Trinajstić information content (AvgIpc) is 2.98. The van der Waals surface area contributed by atoms with E-state index in [9.17, 15) is 19.0 Å². The van der Waals surface area contributed by atoms with Gasteiger partial charge in [-0.2, -0.15) is 0 Å². The van der Waals surface area contributed by atoms with Gasteiger partial charge in [0.2, 0.25) is 5.91 Å². The van der Waals surface area contributed by atoms with Gasteiger partial charge in [-0.15, -0.1) is 6.54 Å². The first-order valence-corrected chi connectivity index (χ1v) is 14.8. The van der Waals surface area contributed by atoms with E-state index in [0.29, 0.717) is 55.8 Å². The molecular weight excluding hydrogens is 526 g/mol. The maximum absolute atomic E-state index is 14.3. The van der Waals surface area contributed by atoms with Gasteiger partial charge in [0.25, 0.3) is 6.43 Å². The second-order valence-electron chi connectivity index (χ2n) is 11.2. The van der Waals surface area contributed by atoms with Crippen molar-refractivity contribution in [3.63, 3.8) is 0 Å². The summed E-state index contributed by atoms with van der Waals surface area (Å²) in [5.41, 5.74) is 17.6. The lowest BCUT2D eigenvalue weighted by Gasteiger charge is -2.39. The third kappa shape index (κ3) is 7.25. The first-order chi connectivity index (χ1) is 19.8. The van der Waals surface area contributed by atoms with Gasteiger partial charge in [-0.05, 0) is 80.2 Å². The molecule has 1 saturated heterocycles. The summed E-state index contributed by atoms with van der Waals surface area (Å²) in [5.74, 6) is 0.227. The zero-order chi connectivity index (χ0) is 29.5. The summed E-state index contributed by atoms with van der Waals surface area (Å²) in [6, 6.07) is 3.58. The van der Waals surface area contributed by atoms with E-state index in [0.717, 1.165) is 62.2 Å². The van der Waals surface area contributed by atoms with E-state index in [2.05, 4.69) is 15.5 Å². The van der Waals surface area contributed by atoms with Crippen molar-refractivity contribution in [3.8, 4) is 0 Å². The molecule has 41 heavy (non-hydrogen) atoms. The predicted molar refractivity (Wildman–Crippen MR) is 161 cm³/mol. The van der Waals surface area contributed by atoms with Crippen LogP contribution >= 0.6 is 0 Å². The molecule has 1 amide bonds. The van der Waals surface area contributed by atoms with E-state index in [-0.39, 0.29) is 29.9 Å². The number of benzene rings is 1. The molecular formula is C30H45F2N8O-. The number of alkyl halides is 2. The number of rotatable bonds is 10. The van der Waals surface area contributed by atoms with E-state index in [4.69, 9.17) is 11.5 Å². The maximum atomic E-state index is 14.3. The number of hydrogen-bond donors (Lipinski definition) is 4. The first kappa shape index (κ1) is 30.9. The molecule has 1 aromatic rings. The molecule has 1 aromatic carbocycles. The molecule has 9 nitrogen and oxygen atoms in total. The fraction of sp³-hybridized carbons (Fsp3) is 0.600. The second-order valence-corrected chi connectivity index (χ2v) is 11.2. The van der Waals surface area contributed by atoms with Crippen LogP contribution in [0.4, 0.5) is 14.5 Å². The van der Waals surface area contributed by atoms with Crippen LogP contribution in [0, 0.1) is 5.41 Å². The Kier molecular flexibility index (Phi) is 10.7. The molecule has 3 heterocycles. The number of aryl methyl sites for hydroxylation is 1. The Balaban J connectivity index is 1.64. The standard InChI is InChI=1S/C30H45F2N8O/c1-20(41)39-14-8-27(37-23-6-12-38(13-7-23)10-4-9-33)26(19-39)30(35)40-11-3-5-21-15-24(22(17-34)18-36-2)25(29(31)32)16-28(21)40/h15-16,18,23,29,34-37H,3-14,17,19,33H2,1-2H3/q-1/b22-18+,35-30?. The van der Waals surface area contributed by atoms with Crippen molar-refractivity contribution in [1.82, 2.24) is 20.4 Å². The molecule has 3 aliphatic rings. The Morgan fingerprint density at radius 3 is 2.61 bits per heavy atom. The lowest BCUT2D eigenvalue weighted by Crippen LogP contribution is -2.48. The van der Waals surface area contributed by atoms with Crippen LogP contribution in [0.1, 0.15) is 62.1 Å². The van der Waals surface area contributed by atoms with E-state index >= 15 is 0 Å². The number of amides is 1. The normalized spacial score (nSPS) is 19.0. The highest BCUT2D eigenvalue weighted by Crippen LogP contribution is 2.38. The number of likely N-dealkylation sites (tertiary alicyclic amines) is 1. The molecule has 11 heteroatoms. The quantitative estimate of drug-likeness (QED) is 0.250. The number of nitrogens with one attached hydrogen (secondary N) is 4. The summed E-state index contributed by atoms with van der Waals surface area (Å²) >= 11 is 0. The van der Waals surface area contributed by atoms with Crippen LogP contribution in [0.3, 0.4) is 0 Å². The zero-order valence-electron chi connectivity index (χ0n) is 24.4. The summed E-state index contributed by atoms with van der Waals surface area (Å²) in [5, 5.41) is 15.9. The van der Waals surface area contributed by atoms with Crippen molar-refractivity contribution in [1.29, 1.82) is 5.41 Å². The number of hydrogen-bond acceptors (Lipinski definition) is 6. The predicted octanol–water partition coefficient (Wildman–Crippen LogP) is 3.88. The maximum Gasteiger partial charge on any atom is 0.264 e. The highest BCUT2D eigenvalue weighted by molar-refractivity contribution is 6.09. The van der Waals surface area contributed by atoms with Crippen molar-refractivity contribution in [2.24, 2.45) is 5.73 Å². The number of fused-ring (bicyclic) bond motifs is 1. The van der Waals surface area contributed by atoms with Crippen LogP contribution < -0.4 is 21.3 Å². The van der Waals surface area contributed by atoms with Crippen LogP contribution in [-0.4, -0.2) is 87.0 Å². The fourth-order valence-corrected chi connectivity index (χ4v) is 6.17. The lowest BCUT2D eigenvalue weighted by molar-refractivity contribution is -0.128. The summed E-state index contributed by atoms with van der Waals surface area (Å²) in [7, 11) is 1.69. The third-order valence-electron chi connectivity index (χ3n) is 8.45. The van der Waals surface area contributed by atoms with Crippen LogP contribution in [-0.2, 0) is 11.2 Å². The zero-order valence-corrected chi connectivity index (χ0v) is 24.4. The van der Waals surface area contributed by atoms with Gasteiger partial charge >= 0.3 is 0 Å². The van der Waals surface area contributed by atoms with Gasteiger partial charge in [-0.25, -0.2) is 8.78 Å². The van der Waals surface area contributed by atoms with Gasteiger partial charge in [0, 0.05) is 75.1 Å². The minimum absolute atomic E-state index is 0.0366. The van der Waals surface area contributed by atoms with Crippen LogP contribution in [0.2, 0.25) is 0 Å². The molecule has 0 bridgehead atoms. The number of amidine groups is 1. The van der Waals surface area contributed by atoms with Crippen molar-refractivity contribution < 1.29 is 13.6 Å². The van der Waals surface area contributed by atoms with Gasteiger partial charge < -0.3 is 36.8 Å². The topological polar surface area (TPSA) is 125 Å². The number of piperidine rings is 1. The van der Waals surface area contributed by atoms with Gasteiger partial charge in [0.1, 0.15) is 5.84 Å². The number of halogens is 2. The van der Waals surface area contributed by atoms with Gasteiger partial charge in [0.15, 0.2) is 0 Å². The third-order valence-corrected chi connectivity index (χ3v) is 8.45. The molecule has 0 radical (unpaired) electrons. The summed E-state index contributed by atoms with van der Waals surface area (Å²) in [6.45, 7) is 6.59. The SMILES string of the molecule is CN/C=C(\C[NH-])c1cc2c(cc1C(F)F)N(C(=N)C1=C(NC3CCN(CCCN)CC3)CCN(C(C)=O)C1)CCC2. The number of nitrogens with two attached hydrogens (primary N) is 1. The van der Waals surface area contributed by atoms with Crippen LogP contribution in [0.5, 0.6) is 0 Å². The molecule has 0 unspecified atom stereocenters. The summed E-state index contributed by atoms with van der Waals surface area (Å²) < 4.78 is 28.6. The van der Waals surface area contributed by atoms with Crippen LogP contribution in [0.25, 0.3) is 11.3 Å². The highest BCUT2D eigenvalue weighted by Gasteiger charge is 2.31. The average molecular weight is 572 g/mol. The van der Waals surface area contributed by atoms with Gasteiger partial charge in [-0.1, -0.05) is 0 Å². The molecule has 0 aliphatic carbocycles. The molecule has 226 valence electrons. The molecule has 1 fully saturated rings. The van der Waals surface area contributed by atoms with Crippen molar-refractivity contribution in [2.45, 2.75) is 57.9 Å². The van der Waals surface area contributed by atoms with Crippen molar-refractivity contribution in [2.75, 3.05) is 64.3 Å². The lowest BCUT2D eigenvalue weighted by atomic mass is 9.91. The minimum atomic E-state index is -2.71. The van der Waals surface area contributed by atoms with E-state index in [1.54, 1.807) is 31.1 Å². The van der Waals surface area contributed by atoms with E-state index < -0.39 is 6.43 Å². The molecule has 0 atom stereocenters. The Labute approximate surface area is 242 Å². The van der Waals surface area contributed by atoms with Crippen molar-refractivity contribution in [3.05, 3.63) is 52.0 Å². The minimum Gasteiger partial charge on any atom is -0.674 e. The largest absolute Gasteiger partial charge is 0.674 e. The molecule has 0 aromatic heterocycles. The number of carbonyl (C=O) groups is 1. The highest BCUT2D eigenvalue weighted by atomic mass is 19.3. The smallest absolute Gasteiger partial charge is 0.264 e. The van der Waals surface area contributed by atoms with Gasteiger partial charge in [0.05, 0.1) is 6.54 Å². The van der Waals surface area contributed by atoms with E-state index in [1.165, 1.54) is 6.07 Å². The molecule has 3 aliphatic heterocycles. The first-order valence-electron chi connectivity index (χ1n) is 14.8. The Morgan fingerprint density at radius 1 is 1.22 bits per heavy atom. The Bertz CT molecular complexity index is 1160. The number of carbonyl (C=O) groups excluding carboxylic acids is 1. The summed E-state index contributed by atoms with van der Waals surface area (Å²) in [4.78, 5) is 18.4. The molecule has 0 saturated carbocycles. The number of nitrogens with zero attached hydrogens (tertiary/aromatic N) is 3. The number of anilines is 1. The van der Waals surface area contributed by atoms with Crippen molar-refractivity contribution >= 4 is 23.0 Å². The van der Waals surface area contributed by atoms with Crippen LogP contribution in [0.15, 0.2) is 29.6 Å².